The van der Waals surface area contributed by atoms with Crippen molar-refractivity contribution >= 4 is 11.7 Å². The van der Waals surface area contributed by atoms with Crippen LogP contribution in [0.2, 0.25) is 0 Å². The summed E-state index contributed by atoms with van der Waals surface area (Å²) in [6.45, 7) is 1.75. The van der Waals surface area contributed by atoms with Crippen LogP contribution < -0.4 is 14.8 Å². The normalized spacial score (nSPS) is 18.6. The molecule has 17 heavy (non-hydrogen) atoms. The molecular weight excluding hydrogens is 220 g/mol. The Hall–Kier alpha value is -2.04. The van der Waals surface area contributed by atoms with E-state index in [-0.39, 0.29) is 11.9 Å². The quantitative estimate of drug-likeness (QED) is 0.847. The van der Waals surface area contributed by atoms with Crippen LogP contribution in [0.4, 0.5) is 0 Å². The van der Waals surface area contributed by atoms with Crippen LogP contribution in [0.5, 0.6) is 11.5 Å². The van der Waals surface area contributed by atoms with Crippen molar-refractivity contribution in [1.29, 1.82) is 0 Å². The molecule has 90 valence electrons. The number of aliphatic imine (C=N–C) groups is 1. The van der Waals surface area contributed by atoms with E-state index < -0.39 is 0 Å². The fourth-order valence-electron chi connectivity index (χ4n) is 1.64. The number of methoxy groups -OCH3 is 2. The fourth-order valence-corrected chi connectivity index (χ4v) is 1.64. The van der Waals surface area contributed by atoms with E-state index in [1.807, 2.05) is 6.07 Å². The van der Waals surface area contributed by atoms with Crippen LogP contribution in [0, 0.1) is 0 Å². The maximum Gasteiger partial charge on any atom is 0.250 e. The minimum Gasteiger partial charge on any atom is -0.493 e. The minimum absolute atomic E-state index is 0.0882. The van der Waals surface area contributed by atoms with Gasteiger partial charge in [0, 0.05) is 5.56 Å². The highest BCUT2D eigenvalue weighted by Crippen LogP contribution is 2.28. The first kappa shape index (κ1) is 11.4. The molecule has 5 heteroatoms. The molecule has 5 nitrogen and oxygen atoms in total. The molecular formula is C12H14N2O3. The first-order valence-electron chi connectivity index (χ1n) is 5.26. The second-order valence-electron chi connectivity index (χ2n) is 3.71. The van der Waals surface area contributed by atoms with Crippen molar-refractivity contribution < 1.29 is 14.3 Å². The summed E-state index contributed by atoms with van der Waals surface area (Å²) in [5.41, 5.74) is 0.806. The van der Waals surface area contributed by atoms with Crippen LogP contribution in [-0.2, 0) is 4.79 Å². The molecule has 0 fully saturated rings. The van der Waals surface area contributed by atoms with Gasteiger partial charge in [-0.25, -0.2) is 0 Å². The SMILES string of the molecule is COc1ccc(C2=NC(C)C(=O)N2)cc1OC. The maximum atomic E-state index is 11.4. The Morgan fingerprint density at radius 3 is 2.47 bits per heavy atom. The van der Waals surface area contributed by atoms with Gasteiger partial charge < -0.3 is 14.8 Å². The van der Waals surface area contributed by atoms with E-state index in [1.54, 1.807) is 33.3 Å². The largest absolute Gasteiger partial charge is 0.493 e. The number of carbonyl (C=O) groups is 1. The van der Waals surface area contributed by atoms with Crippen LogP contribution in [0.1, 0.15) is 12.5 Å². The molecule has 1 unspecified atom stereocenters. The molecule has 1 aromatic carbocycles. The van der Waals surface area contributed by atoms with E-state index in [2.05, 4.69) is 10.3 Å². The molecule has 0 saturated heterocycles. The molecule has 1 amide bonds. The Morgan fingerprint density at radius 2 is 1.94 bits per heavy atom. The van der Waals surface area contributed by atoms with Crippen molar-refractivity contribution in [2.75, 3.05) is 14.2 Å². The van der Waals surface area contributed by atoms with Crippen LogP contribution in [0.15, 0.2) is 23.2 Å². The lowest BCUT2D eigenvalue weighted by Crippen LogP contribution is -2.27. The lowest BCUT2D eigenvalue weighted by atomic mass is 10.2. The fraction of sp³-hybridized carbons (Fsp3) is 0.333. The summed E-state index contributed by atoms with van der Waals surface area (Å²) < 4.78 is 10.3. The summed E-state index contributed by atoms with van der Waals surface area (Å²) in [7, 11) is 3.15. The second-order valence-corrected chi connectivity index (χ2v) is 3.71. The first-order chi connectivity index (χ1) is 8.15. The number of benzene rings is 1. The molecule has 1 aliphatic heterocycles. The van der Waals surface area contributed by atoms with Gasteiger partial charge in [-0.3, -0.25) is 9.79 Å². The third-order valence-electron chi connectivity index (χ3n) is 2.60. The van der Waals surface area contributed by atoms with Gasteiger partial charge in [0.25, 0.3) is 0 Å². The van der Waals surface area contributed by atoms with Gasteiger partial charge >= 0.3 is 0 Å². The van der Waals surface area contributed by atoms with Crippen molar-refractivity contribution in [3.63, 3.8) is 0 Å². The maximum absolute atomic E-state index is 11.4. The lowest BCUT2D eigenvalue weighted by molar-refractivity contribution is -0.119. The van der Waals surface area contributed by atoms with Gasteiger partial charge in [-0.2, -0.15) is 0 Å². The number of amidine groups is 1. The minimum atomic E-state index is -0.335. The van der Waals surface area contributed by atoms with Crippen molar-refractivity contribution in [3.8, 4) is 11.5 Å². The van der Waals surface area contributed by atoms with Crippen LogP contribution in [0.25, 0.3) is 0 Å². The molecule has 0 aromatic heterocycles. The first-order valence-corrected chi connectivity index (χ1v) is 5.26. The Labute approximate surface area is 99.4 Å². The highest BCUT2D eigenvalue weighted by Gasteiger charge is 2.23. The summed E-state index contributed by atoms with van der Waals surface area (Å²) in [6.07, 6.45) is 0. The van der Waals surface area contributed by atoms with Crippen molar-refractivity contribution in [3.05, 3.63) is 23.8 Å². The average molecular weight is 234 g/mol. The molecule has 0 bridgehead atoms. The summed E-state index contributed by atoms with van der Waals surface area (Å²) in [6, 6.07) is 5.07. The average Bonchev–Trinajstić information content (AvgIpc) is 2.68. The van der Waals surface area contributed by atoms with Crippen molar-refractivity contribution in [1.82, 2.24) is 5.32 Å². The molecule has 0 spiro atoms. The van der Waals surface area contributed by atoms with Crippen molar-refractivity contribution in [2.45, 2.75) is 13.0 Å². The summed E-state index contributed by atoms with van der Waals surface area (Å²) >= 11 is 0. The molecule has 1 aliphatic rings. The highest BCUT2D eigenvalue weighted by molar-refractivity contribution is 6.13. The third kappa shape index (κ3) is 2.08. The summed E-state index contributed by atoms with van der Waals surface area (Å²) in [5.74, 6) is 1.74. The molecule has 1 atom stereocenters. The molecule has 2 rings (SSSR count). The van der Waals surface area contributed by atoms with Gasteiger partial charge in [0.05, 0.1) is 14.2 Å². The van der Waals surface area contributed by atoms with Gasteiger partial charge in [0.15, 0.2) is 11.5 Å². The zero-order chi connectivity index (χ0) is 12.4. The Balaban J connectivity index is 2.35. The van der Waals surface area contributed by atoms with Gasteiger partial charge in [-0.1, -0.05) is 0 Å². The summed E-state index contributed by atoms with van der Waals surface area (Å²) in [4.78, 5) is 15.6. The molecule has 1 heterocycles. The number of nitrogens with one attached hydrogen (secondary N) is 1. The second kappa shape index (κ2) is 4.45. The zero-order valence-electron chi connectivity index (χ0n) is 9.98. The number of hydrogen-bond acceptors (Lipinski definition) is 4. The van der Waals surface area contributed by atoms with Crippen LogP contribution in [-0.4, -0.2) is 32.0 Å². The Bertz CT molecular complexity index is 483. The van der Waals surface area contributed by atoms with E-state index in [0.29, 0.717) is 17.3 Å². The van der Waals surface area contributed by atoms with Crippen LogP contribution in [0.3, 0.4) is 0 Å². The number of amides is 1. The smallest absolute Gasteiger partial charge is 0.250 e. The molecule has 0 radical (unpaired) electrons. The number of hydrogen-bond donors (Lipinski definition) is 1. The molecule has 1 aromatic rings. The summed E-state index contributed by atoms with van der Waals surface area (Å²) in [5, 5.41) is 2.72. The monoisotopic (exact) mass is 234 g/mol. The number of carbonyl (C=O) groups excluding carboxylic acids is 1. The van der Waals surface area contributed by atoms with Crippen LogP contribution >= 0.6 is 0 Å². The Kier molecular flexibility index (Phi) is 2.99. The van der Waals surface area contributed by atoms with E-state index in [9.17, 15) is 4.79 Å². The topological polar surface area (TPSA) is 59.9 Å². The van der Waals surface area contributed by atoms with Gasteiger partial charge in [-0.15, -0.1) is 0 Å². The molecule has 0 aliphatic carbocycles. The van der Waals surface area contributed by atoms with E-state index in [0.717, 1.165) is 5.56 Å². The van der Waals surface area contributed by atoms with E-state index >= 15 is 0 Å². The molecule has 0 saturated carbocycles. The Morgan fingerprint density at radius 1 is 1.24 bits per heavy atom. The number of ether oxygens (including phenoxy) is 2. The van der Waals surface area contributed by atoms with E-state index in [1.165, 1.54) is 0 Å². The van der Waals surface area contributed by atoms with E-state index in [4.69, 9.17) is 9.47 Å². The van der Waals surface area contributed by atoms with Gasteiger partial charge in [0.1, 0.15) is 11.9 Å². The highest BCUT2D eigenvalue weighted by atomic mass is 16.5. The predicted octanol–water partition coefficient (Wildman–Crippen LogP) is 0.969. The number of rotatable bonds is 3. The van der Waals surface area contributed by atoms with Crippen molar-refractivity contribution in [2.24, 2.45) is 4.99 Å². The zero-order valence-corrected chi connectivity index (χ0v) is 9.98. The van der Waals surface area contributed by atoms with Gasteiger partial charge in [0.2, 0.25) is 5.91 Å². The predicted molar refractivity (Wildman–Crippen MR) is 63.7 cm³/mol. The molecule has 1 N–H and O–H groups in total. The lowest BCUT2D eigenvalue weighted by Gasteiger charge is -2.09. The third-order valence-corrected chi connectivity index (χ3v) is 2.60. The standard InChI is InChI=1S/C12H14N2O3/c1-7-12(15)14-11(13-7)8-4-5-9(16-2)10(6-8)17-3/h4-7H,1-3H3,(H,13,14,15). The van der Waals surface area contributed by atoms with Gasteiger partial charge in [-0.05, 0) is 25.1 Å². The number of nitrogens with zero attached hydrogens (tertiary/aromatic N) is 1.